The summed E-state index contributed by atoms with van der Waals surface area (Å²) in [4.78, 5) is 9.83. The summed E-state index contributed by atoms with van der Waals surface area (Å²) in [7, 11) is -1.23. The Morgan fingerprint density at radius 1 is 0.691 bits per heavy atom. The molecule has 1 aliphatic rings. The number of aromatic nitrogens is 3. The Labute approximate surface area is 417 Å². The molecule has 6 heteroatoms. The van der Waals surface area contributed by atoms with E-state index in [9.17, 15) is 0 Å². The molecule has 345 valence electrons. The van der Waals surface area contributed by atoms with Gasteiger partial charge < -0.3 is 14.0 Å². The fourth-order valence-corrected chi connectivity index (χ4v) is 12.0. The van der Waals surface area contributed by atoms with Gasteiger partial charge in [0.05, 0.1) is 30.5 Å². The van der Waals surface area contributed by atoms with E-state index in [1.807, 2.05) is 36.5 Å². The molecule has 0 amide bonds. The third-order valence-corrected chi connectivity index (χ3v) is 16.1. The number of imidazole rings is 1. The van der Waals surface area contributed by atoms with Crippen LogP contribution < -0.4 is 5.19 Å². The first kappa shape index (κ1) is 47.2. The van der Waals surface area contributed by atoms with E-state index in [1.165, 1.54) is 55.0 Å². The van der Waals surface area contributed by atoms with E-state index in [0.29, 0.717) is 11.8 Å². The van der Waals surface area contributed by atoms with Crippen LogP contribution >= 0.6 is 0 Å². The van der Waals surface area contributed by atoms with Gasteiger partial charge in [-0.15, -0.1) is 54.1 Å². The summed E-state index contributed by atoms with van der Waals surface area (Å²) in [5, 5.41) is 6.31. The average Bonchev–Trinajstić information content (AvgIpc) is 3.88. The molecule has 0 bridgehead atoms. The second-order valence-corrected chi connectivity index (χ2v) is 26.6. The molecule has 0 saturated heterocycles. The maximum atomic E-state index is 6.94. The van der Waals surface area contributed by atoms with Crippen molar-refractivity contribution in [2.45, 2.75) is 104 Å². The monoisotopic (exact) mass is 1080 g/mol. The van der Waals surface area contributed by atoms with E-state index < -0.39 is 8.07 Å². The van der Waals surface area contributed by atoms with Crippen LogP contribution in [0.25, 0.3) is 83.2 Å². The molecule has 10 aromatic rings. The molecule has 0 unspecified atom stereocenters. The molecular formula is C62H61IrN3OSi-2. The molecule has 0 N–H and O–H groups in total. The largest absolute Gasteiger partial charge is 0.501 e. The van der Waals surface area contributed by atoms with Gasteiger partial charge in [-0.25, -0.2) is 0 Å². The van der Waals surface area contributed by atoms with Crippen LogP contribution in [0.5, 0.6) is 0 Å². The van der Waals surface area contributed by atoms with E-state index in [4.69, 9.17) is 9.40 Å². The normalized spacial score (nSPS) is 14.1. The Balaban J connectivity index is 0.000000289. The van der Waals surface area contributed by atoms with E-state index >= 15 is 0 Å². The first-order valence-electron chi connectivity index (χ1n) is 24.0. The van der Waals surface area contributed by atoms with Gasteiger partial charge in [-0.1, -0.05) is 171 Å². The smallest absolute Gasteiger partial charge is 0.121 e. The summed E-state index contributed by atoms with van der Waals surface area (Å²) in [5.41, 5.74) is 16.0. The molecule has 68 heavy (non-hydrogen) atoms. The van der Waals surface area contributed by atoms with Gasteiger partial charge in [0.2, 0.25) is 0 Å². The van der Waals surface area contributed by atoms with Gasteiger partial charge in [0, 0.05) is 37.4 Å². The van der Waals surface area contributed by atoms with Crippen LogP contribution in [0.4, 0.5) is 0 Å². The van der Waals surface area contributed by atoms with E-state index in [-0.39, 0.29) is 30.9 Å². The minimum Gasteiger partial charge on any atom is -0.501 e. The molecule has 1 aliphatic carbocycles. The SMILES string of the molecule is CC(C)c1cccc(C(C)C)c1-n1c(-c2[c-]ccc3c2oc2cc(-c4ccc5cccc6c5c4C(C)(C)CC6(C)C)ccc23)nc2ccccc21.C[Si](C)(C)c1ccc(-c2[c-]cccc2)nc1.[Ir]. The number of furan rings is 1. The number of nitrogens with zero attached hydrogens (tertiary/aromatic N) is 3. The second kappa shape index (κ2) is 17.9. The number of para-hydroxylation sites is 3. The van der Waals surface area contributed by atoms with Crippen LogP contribution in [0, 0.1) is 12.1 Å². The standard InChI is InChI=1S/C48H45N2O.C14H16NSi.Ir/c1-28(2)32-15-12-16-33(29(3)4)44(32)50-40-21-10-9-20-39(40)49-46(50)37-18-13-17-36-35-25-23-31(26-41(35)51-45(36)37)34-24-22-30-14-11-19-38-42(30)43(34)48(7,8)27-47(38,5)6;1-16(2,3)13-9-10-14(15-11-13)12-7-5-4-6-8-12;/h9-17,19-26,28-29H,27H2,1-8H3;4-7,9-11H,1-3H3;/q2*-1;. The van der Waals surface area contributed by atoms with Crippen molar-refractivity contribution in [1.29, 1.82) is 0 Å². The summed E-state index contributed by atoms with van der Waals surface area (Å²) in [6, 6.07) is 56.6. The number of fused-ring (bicyclic) bond motifs is 4. The topological polar surface area (TPSA) is 43.9 Å². The summed E-state index contributed by atoms with van der Waals surface area (Å²) < 4.78 is 9.31. The van der Waals surface area contributed by atoms with Crippen molar-refractivity contribution in [2.75, 3.05) is 0 Å². The molecule has 3 heterocycles. The van der Waals surface area contributed by atoms with Crippen molar-refractivity contribution < 1.29 is 24.5 Å². The zero-order chi connectivity index (χ0) is 47.0. The first-order chi connectivity index (χ1) is 32.0. The Bertz CT molecular complexity index is 3450. The zero-order valence-corrected chi connectivity index (χ0v) is 44.7. The third kappa shape index (κ3) is 8.29. The molecule has 0 spiro atoms. The minimum atomic E-state index is -1.23. The zero-order valence-electron chi connectivity index (χ0n) is 41.3. The molecule has 0 saturated carbocycles. The van der Waals surface area contributed by atoms with Crippen molar-refractivity contribution in [3.8, 4) is 39.5 Å². The van der Waals surface area contributed by atoms with Crippen LogP contribution in [0.1, 0.15) is 95.9 Å². The maximum absolute atomic E-state index is 6.94. The number of rotatable bonds is 7. The van der Waals surface area contributed by atoms with Crippen molar-refractivity contribution in [3.05, 3.63) is 180 Å². The molecule has 0 fully saturated rings. The Kier molecular flexibility index (Phi) is 12.4. The molecule has 0 atom stereocenters. The Morgan fingerprint density at radius 2 is 1.43 bits per heavy atom. The third-order valence-electron chi connectivity index (χ3n) is 14.0. The van der Waals surface area contributed by atoms with E-state index in [1.54, 1.807) is 0 Å². The quantitative estimate of drug-likeness (QED) is 0.118. The number of pyridine rings is 1. The maximum Gasteiger partial charge on any atom is 0.121 e. The predicted octanol–water partition coefficient (Wildman–Crippen LogP) is 16.5. The molecule has 1 radical (unpaired) electrons. The van der Waals surface area contributed by atoms with Gasteiger partial charge in [0.1, 0.15) is 5.58 Å². The van der Waals surface area contributed by atoms with Gasteiger partial charge in [-0.3, -0.25) is 4.98 Å². The van der Waals surface area contributed by atoms with Crippen LogP contribution in [0.3, 0.4) is 0 Å². The number of hydrogen-bond donors (Lipinski definition) is 0. The van der Waals surface area contributed by atoms with E-state index in [0.717, 1.165) is 62.0 Å². The van der Waals surface area contributed by atoms with Gasteiger partial charge in [-0.05, 0) is 102 Å². The average molecular weight is 1080 g/mol. The number of hydrogen-bond acceptors (Lipinski definition) is 3. The number of benzene rings is 7. The fraction of sp³-hybridized carbons (Fsp3) is 0.258. The van der Waals surface area contributed by atoms with E-state index in [2.05, 4.69) is 206 Å². The Morgan fingerprint density at radius 3 is 2.12 bits per heavy atom. The van der Waals surface area contributed by atoms with Crippen molar-refractivity contribution in [3.63, 3.8) is 0 Å². The Hall–Kier alpha value is -5.91. The van der Waals surface area contributed by atoms with Crippen LogP contribution in [-0.4, -0.2) is 22.6 Å². The summed E-state index contributed by atoms with van der Waals surface area (Å²) in [6.07, 6.45) is 3.11. The van der Waals surface area contributed by atoms with Gasteiger partial charge in [0.15, 0.2) is 0 Å². The molecule has 11 rings (SSSR count). The predicted molar refractivity (Wildman–Crippen MR) is 286 cm³/mol. The minimum absolute atomic E-state index is 0. The summed E-state index contributed by atoms with van der Waals surface area (Å²) >= 11 is 0. The molecule has 3 aromatic heterocycles. The first-order valence-corrected chi connectivity index (χ1v) is 27.5. The fourth-order valence-electron chi connectivity index (χ4n) is 11.0. The van der Waals surface area contributed by atoms with Crippen LogP contribution in [0.2, 0.25) is 19.6 Å². The summed E-state index contributed by atoms with van der Waals surface area (Å²) in [5.74, 6) is 1.53. The van der Waals surface area contributed by atoms with Gasteiger partial charge in [0.25, 0.3) is 0 Å². The molecular weight excluding hydrogens is 1020 g/mol. The molecule has 4 nitrogen and oxygen atoms in total. The van der Waals surface area contributed by atoms with Crippen molar-refractivity contribution in [2.24, 2.45) is 0 Å². The van der Waals surface area contributed by atoms with Crippen molar-refractivity contribution >= 4 is 57.0 Å². The van der Waals surface area contributed by atoms with Crippen molar-refractivity contribution in [1.82, 2.24) is 14.5 Å². The summed E-state index contributed by atoms with van der Waals surface area (Å²) in [6.45, 7) is 25.7. The van der Waals surface area contributed by atoms with Gasteiger partial charge >= 0.3 is 0 Å². The van der Waals surface area contributed by atoms with Gasteiger partial charge in [-0.2, -0.15) is 0 Å². The van der Waals surface area contributed by atoms with Crippen LogP contribution in [0.15, 0.2) is 150 Å². The molecule has 7 aromatic carbocycles. The second-order valence-electron chi connectivity index (χ2n) is 21.6. The van der Waals surface area contributed by atoms with Crippen LogP contribution in [-0.2, 0) is 30.9 Å². The molecule has 0 aliphatic heterocycles.